The summed E-state index contributed by atoms with van der Waals surface area (Å²) in [5, 5.41) is 0.836. The predicted octanol–water partition coefficient (Wildman–Crippen LogP) is 1.50. The molecule has 0 saturated heterocycles. The number of alkyl halides is 1. The van der Waals surface area contributed by atoms with Crippen molar-refractivity contribution in [1.29, 1.82) is 0 Å². The Morgan fingerprint density at radius 1 is 0.421 bits per heavy atom. The van der Waals surface area contributed by atoms with E-state index in [9.17, 15) is 4.79 Å². The molecule has 0 atom stereocenters. The number of esters is 1. The molecular weight excluding hydrogens is 572 g/mol. The molecule has 12 nitrogen and oxygen atoms in total. The molecule has 0 aliphatic rings. The molecule has 0 heterocycles. The molecule has 0 aromatic heterocycles. The number of carbonyl (C=O) groups excluding carboxylic acids is 1. The fourth-order valence-corrected chi connectivity index (χ4v) is 2.75. The van der Waals surface area contributed by atoms with E-state index in [1.807, 2.05) is 0 Å². The number of hydrogen-bond acceptors (Lipinski definition) is 12. The minimum Gasteiger partial charge on any atom is -0.466 e. The van der Waals surface area contributed by atoms with Crippen LogP contribution in [0, 0.1) is 0 Å². The number of halogens is 1. The van der Waals surface area contributed by atoms with Crippen LogP contribution < -0.4 is 0 Å². The van der Waals surface area contributed by atoms with E-state index in [-0.39, 0.29) is 12.4 Å². The second-order valence-electron chi connectivity index (χ2n) is 7.37. The smallest absolute Gasteiger partial charge is 0.308 e. The summed E-state index contributed by atoms with van der Waals surface area (Å²) in [6, 6.07) is 0. The second-order valence-corrected chi connectivity index (χ2v) is 8.16. The third-order valence-corrected chi connectivity index (χ3v) is 4.65. The maximum atomic E-state index is 11.1. The van der Waals surface area contributed by atoms with E-state index < -0.39 is 0 Å². The van der Waals surface area contributed by atoms with Gasteiger partial charge in [0.15, 0.2) is 0 Å². The highest BCUT2D eigenvalue weighted by Gasteiger charge is 2.00. The average Bonchev–Trinajstić information content (AvgIpc) is 2.92. The lowest BCUT2D eigenvalue weighted by Gasteiger charge is -2.09. The van der Waals surface area contributed by atoms with E-state index in [0.717, 1.165) is 5.33 Å². The van der Waals surface area contributed by atoms with E-state index in [2.05, 4.69) is 15.9 Å². The fourth-order valence-electron chi connectivity index (χ4n) is 2.52. The van der Waals surface area contributed by atoms with Crippen molar-refractivity contribution in [2.75, 3.05) is 144 Å². The molecule has 0 aromatic rings. The molecule has 0 rings (SSSR count). The van der Waals surface area contributed by atoms with Gasteiger partial charge in [-0.25, -0.2) is 0 Å². The molecule has 0 amide bonds. The molecule has 0 aromatic carbocycles. The molecule has 0 unspecified atom stereocenters. The summed E-state index contributed by atoms with van der Waals surface area (Å²) in [7, 11) is 0. The van der Waals surface area contributed by atoms with Crippen molar-refractivity contribution in [3.8, 4) is 0 Å². The molecule has 38 heavy (non-hydrogen) atoms. The Bertz CT molecular complexity index is 462. The zero-order valence-electron chi connectivity index (χ0n) is 23.0. The first-order chi connectivity index (χ1) is 18.8. The molecule has 0 N–H and O–H groups in total. The van der Waals surface area contributed by atoms with Crippen LogP contribution in [-0.2, 0) is 56.9 Å². The highest BCUT2D eigenvalue weighted by atomic mass is 79.9. The van der Waals surface area contributed by atoms with Gasteiger partial charge in [-0.15, -0.1) is 0 Å². The van der Waals surface area contributed by atoms with Gasteiger partial charge in [0, 0.05) is 5.33 Å². The minimum atomic E-state index is -0.249. The van der Waals surface area contributed by atoms with Gasteiger partial charge in [-0.2, -0.15) is 0 Å². The van der Waals surface area contributed by atoms with Crippen LogP contribution in [0.2, 0.25) is 0 Å². The van der Waals surface area contributed by atoms with Crippen molar-refractivity contribution < 1.29 is 56.9 Å². The highest BCUT2D eigenvalue weighted by Crippen LogP contribution is 1.89. The molecule has 0 spiro atoms. The lowest BCUT2D eigenvalue weighted by molar-refractivity contribution is -0.144. The van der Waals surface area contributed by atoms with Crippen LogP contribution in [0.15, 0.2) is 0 Å². The van der Waals surface area contributed by atoms with E-state index in [1.165, 1.54) is 0 Å². The van der Waals surface area contributed by atoms with Gasteiger partial charge in [-0.3, -0.25) is 4.79 Å². The average molecular weight is 622 g/mol. The van der Waals surface area contributed by atoms with Crippen LogP contribution >= 0.6 is 15.9 Å². The van der Waals surface area contributed by atoms with Crippen LogP contribution in [0.25, 0.3) is 0 Å². The van der Waals surface area contributed by atoms with E-state index in [4.69, 9.17) is 52.1 Å². The van der Waals surface area contributed by atoms with E-state index >= 15 is 0 Å². The zero-order chi connectivity index (χ0) is 27.6. The fraction of sp³-hybridized carbons (Fsp3) is 0.960. The van der Waals surface area contributed by atoms with E-state index in [1.54, 1.807) is 6.92 Å². The Kier molecular flexibility index (Phi) is 34.2. The number of carbonyl (C=O) groups is 1. The van der Waals surface area contributed by atoms with Crippen molar-refractivity contribution in [3.05, 3.63) is 0 Å². The Balaban J connectivity index is 3.04. The number of hydrogen-bond donors (Lipinski definition) is 0. The molecule has 0 fully saturated rings. The molecule has 0 bridgehead atoms. The summed E-state index contributed by atoms with van der Waals surface area (Å²) in [6.45, 7) is 12.4. The number of rotatable bonds is 33. The maximum Gasteiger partial charge on any atom is 0.308 e. The largest absolute Gasteiger partial charge is 0.466 e. The third kappa shape index (κ3) is 33.6. The van der Waals surface area contributed by atoms with Gasteiger partial charge in [0.1, 0.15) is 0 Å². The first-order valence-electron chi connectivity index (χ1n) is 13.3. The van der Waals surface area contributed by atoms with Gasteiger partial charge in [-0.05, 0) is 6.92 Å². The first kappa shape index (κ1) is 37.6. The van der Waals surface area contributed by atoms with Crippen molar-refractivity contribution in [2.45, 2.75) is 13.3 Å². The maximum absolute atomic E-state index is 11.1. The summed E-state index contributed by atoms with van der Waals surface area (Å²) in [5.74, 6) is -0.249. The first-order valence-corrected chi connectivity index (χ1v) is 14.4. The quantitative estimate of drug-likeness (QED) is 0.0601. The van der Waals surface area contributed by atoms with Crippen LogP contribution in [0.4, 0.5) is 0 Å². The summed E-state index contributed by atoms with van der Waals surface area (Å²) in [4.78, 5) is 11.1. The van der Waals surface area contributed by atoms with Crippen LogP contribution in [0.5, 0.6) is 0 Å². The Morgan fingerprint density at radius 2 is 0.658 bits per heavy atom. The molecule has 0 aliphatic heterocycles. The predicted molar refractivity (Wildman–Crippen MR) is 143 cm³/mol. The van der Waals surface area contributed by atoms with Crippen molar-refractivity contribution in [2.24, 2.45) is 0 Å². The normalized spacial score (nSPS) is 11.3. The summed E-state index contributed by atoms with van der Waals surface area (Å²) in [5.41, 5.74) is 0. The van der Waals surface area contributed by atoms with Gasteiger partial charge in [-0.1, -0.05) is 15.9 Å². The Hall–Kier alpha value is -0.450. The van der Waals surface area contributed by atoms with Crippen LogP contribution in [0.3, 0.4) is 0 Å². The molecule has 0 saturated carbocycles. The molecule has 0 radical (unpaired) electrons. The van der Waals surface area contributed by atoms with Crippen molar-refractivity contribution in [1.82, 2.24) is 0 Å². The molecule has 228 valence electrons. The van der Waals surface area contributed by atoms with Gasteiger partial charge in [0.05, 0.1) is 145 Å². The van der Waals surface area contributed by atoms with Gasteiger partial charge >= 0.3 is 5.97 Å². The molecular formula is C25H49BrO12. The standard InChI is InChI=1S/C25H49BrO12/c1-2-38-25(27)3-5-28-7-9-30-11-13-32-15-17-34-19-21-36-23-24-37-22-20-35-18-16-33-14-12-31-10-8-29-6-4-26/h2-24H2,1H3. The van der Waals surface area contributed by atoms with Gasteiger partial charge in [0.25, 0.3) is 0 Å². The monoisotopic (exact) mass is 620 g/mol. The molecule has 13 heteroatoms. The lowest BCUT2D eigenvalue weighted by Crippen LogP contribution is -2.15. The topological polar surface area (TPSA) is 119 Å². The summed E-state index contributed by atoms with van der Waals surface area (Å²) >= 11 is 3.29. The van der Waals surface area contributed by atoms with Gasteiger partial charge in [0.2, 0.25) is 0 Å². The van der Waals surface area contributed by atoms with Gasteiger partial charge < -0.3 is 52.1 Å². The Labute approximate surface area is 236 Å². The van der Waals surface area contributed by atoms with Crippen molar-refractivity contribution in [3.63, 3.8) is 0 Å². The lowest BCUT2D eigenvalue weighted by atomic mass is 10.5. The zero-order valence-corrected chi connectivity index (χ0v) is 24.6. The summed E-state index contributed by atoms with van der Waals surface area (Å²) < 4.78 is 58.7. The second kappa shape index (κ2) is 34.6. The Morgan fingerprint density at radius 3 is 0.895 bits per heavy atom. The number of ether oxygens (including phenoxy) is 11. The van der Waals surface area contributed by atoms with Crippen LogP contribution in [0.1, 0.15) is 13.3 Å². The van der Waals surface area contributed by atoms with Crippen LogP contribution in [-0.4, -0.2) is 150 Å². The molecule has 0 aliphatic carbocycles. The highest BCUT2D eigenvalue weighted by molar-refractivity contribution is 9.09. The third-order valence-electron chi connectivity index (χ3n) is 4.33. The SMILES string of the molecule is CCOC(=O)CCOCCOCCOCCOCCOCCOCCOCCOCCOCCOCCBr. The van der Waals surface area contributed by atoms with Crippen molar-refractivity contribution >= 4 is 21.9 Å². The van der Waals surface area contributed by atoms with E-state index in [0.29, 0.717) is 139 Å². The summed E-state index contributed by atoms with van der Waals surface area (Å²) in [6.07, 6.45) is 0.259. The minimum absolute atomic E-state index is 0.249.